The highest BCUT2D eigenvalue weighted by Gasteiger charge is 2.10. The van der Waals surface area contributed by atoms with Gasteiger partial charge >= 0.3 is 0 Å². The van der Waals surface area contributed by atoms with E-state index in [1.54, 1.807) is 12.1 Å². The molecule has 1 N–H and O–H groups in total. The molecule has 0 fully saturated rings. The van der Waals surface area contributed by atoms with Gasteiger partial charge in [-0.2, -0.15) is 0 Å². The first-order chi connectivity index (χ1) is 10.0. The van der Waals surface area contributed by atoms with Gasteiger partial charge in [-0.05, 0) is 18.9 Å². The number of anilines is 1. The molecule has 21 heavy (non-hydrogen) atoms. The Morgan fingerprint density at radius 1 is 1.29 bits per heavy atom. The number of nitro groups is 1. The summed E-state index contributed by atoms with van der Waals surface area (Å²) in [6.45, 7) is 8.95. The van der Waals surface area contributed by atoms with E-state index in [9.17, 15) is 10.1 Å². The maximum absolute atomic E-state index is 10.8. The molecular formula is C15H24N2O4. The third kappa shape index (κ3) is 6.55. The molecular weight excluding hydrogens is 272 g/mol. The van der Waals surface area contributed by atoms with E-state index in [1.165, 1.54) is 6.07 Å². The van der Waals surface area contributed by atoms with Gasteiger partial charge in [0.25, 0.3) is 5.69 Å². The van der Waals surface area contributed by atoms with Gasteiger partial charge in [-0.15, -0.1) is 0 Å². The van der Waals surface area contributed by atoms with Crippen molar-refractivity contribution in [1.29, 1.82) is 0 Å². The van der Waals surface area contributed by atoms with E-state index in [0.29, 0.717) is 32.3 Å². The number of hydrogen-bond acceptors (Lipinski definition) is 5. The fraction of sp³-hybridized carbons (Fsp3) is 0.600. The predicted molar refractivity (Wildman–Crippen MR) is 82.6 cm³/mol. The lowest BCUT2D eigenvalue weighted by molar-refractivity contribution is -0.384. The molecule has 6 heteroatoms. The molecule has 0 aromatic heterocycles. The van der Waals surface area contributed by atoms with Crippen LogP contribution in [0.5, 0.6) is 0 Å². The van der Waals surface area contributed by atoms with Crippen molar-refractivity contribution >= 4 is 11.4 Å². The molecule has 1 rings (SSSR count). The summed E-state index contributed by atoms with van der Waals surface area (Å²) in [6, 6.07) is 4.76. The zero-order valence-corrected chi connectivity index (χ0v) is 12.9. The minimum Gasteiger partial charge on any atom is -0.385 e. The fourth-order valence-corrected chi connectivity index (χ4v) is 1.80. The highest BCUT2D eigenvalue weighted by molar-refractivity contribution is 5.55. The van der Waals surface area contributed by atoms with Crippen LogP contribution in [0.1, 0.15) is 26.3 Å². The summed E-state index contributed by atoms with van der Waals surface area (Å²) in [7, 11) is 0. The minimum absolute atomic E-state index is 0.0753. The molecule has 0 atom stereocenters. The molecule has 0 saturated carbocycles. The molecule has 0 heterocycles. The Morgan fingerprint density at radius 2 is 2.00 bits per heavy atom. The smallest absolute Gasteiger partial charge is 0.269 e. The summed E-state index contributed by atoms with van der Waals surface area (Å²) in [6.07, 6.45) is 0. The van der Waals surface area contributed by atoms with E-state index in [2.05, 4.69) is 19.2 Å². The monoisotopic (exact) mass is 296 g/mol. The highest BCUT2D eigenvalue weighted by Crippen LogP contribution is 2.22. The number of hydrogen-bond donors (Lipinski definition) is 1. The Bertz CT molecular complexity index is 449. The minimum atomic E-state index is -0.398. The zero-order chi connectivity index (χ0) is 15.7. The van der Waals surface area contributed by atoms with Gasteiger partial charge in [0.15, 0.2) is 0 Å². The molecule has 1 aromatic rings. The van der Waals surface area contributed by atoms with Crippen LogP contribution in [-0.2, 0) is 16.1 Å². The van der Waals surface area contributed by atoms with Crippen molar-refractivity contribution in [3.05, 3.63) is 33.9 Å². The molecule has 0 unspecified atom stereocenters. The van der Waals surface area contributed by atoms with Crippen LogP contribution in [-0.4, -0.2) is 31.3 Å². The number of nitro benzene ring substituents is 1. The van der Waals surface area contributed by atoms with Gasteiger partial charge in [0.1, 0.15) is 0 Å². The van der Waals surface area contributed by atoms with Crippen molar-refractivity contribution in [3.8, 4) is 0 Å². The van der Waals surface area contributed by atoms with Gasteiger partial charge < -0.3 is 14.8 Å². The van der Waals surface area contributed by atoms with E-state index >= 15 is 0 Å². The summed E-state index contributed by atoms with van der Waals surface area (Å²) in [5, 5.41) is 14.0. The molecule has 0 aliphatic carbocycles. The fourth-order valence-electron chi connectivity index (χ4n) is 1.80. The normalized spacial score (nSPS) is 10.9. The Labute approximate surface area is 125 Å². The summed E-state index contributed by atoms with van der Waals surface area (Å²) >= 11 is 0. The van der Waals surface area contributed by atoms with Crippen LogP contribution in [0.15, 0.2) is 18.2 Å². The van der Waals surface area contributed by atoms with E-state index < -0.39 is 4.92 Å². The van der Waals surface area contributed by atoms with Crippen LogP contribution in [0.25, 0.3) is 0 Å². The third-order valence-corrected chi connectivity index (χ3v) is 2.75. The predicted octanol–water partition coefficient (Wildman–Crippen LogP) is 3.22. The number of benzene rings is 1. The standard InChI is InChI=1S/C15H24N2O4/c1-4-16-15-6-5-14(17(18)19)9-13(15)11-21-8-7-20-10-12(2)3/h5-6,9,12,16H,4,7-8,10-11H2,1-3H3. The average molecular weight is 296 g/mol. The van der Waals surface area contributed by atoms with Crippen molar-refractivity contribution in [3.63, 3.8) is 0 Å². The quantitative estimate of drug-likeness (QED) is 0.408. The largest absolute Gasteiger partial charge is 0.385 e. The second kappa shape index (κ2) is 9.31. The Kier molecular flexibility index (Phi) is 7.71. The van der Waals surface area contributed by atoms with Crippen LogP contribution < -0.4 is 5.32 Å². The molecule has 118 valence electrons. The second-order valence-electron chi connectivity index (χ2n) is 5.15. The first-order valence-electron chi connectivity index (χ1n) is 7.21. The van der Waals surface area contributed by atoms with E-state index in [-0.39, 0.29) is 5.69 Å². The molecule has 0 radical (unpaired) electrons. The van der Waals surface area contributed by atoms with Gasteiger partial charge in [-0.25, -0.2) is 0 Å². The third-order valence-electron chi connectivity index (χ3n) is 2.75. The lowest BCUT2D eigenvalue weighted by Crippen LogP contribution is -2.09. The van der Waals surface area contributed by atoms with Crippen molar-refractivity contribution in [2.45, 2.75) is 27.4 Å². The second-order valence-corrected chi connectivity index (χ2v) is 5.15. The van der Waals surface area contributed by atoms with E-state index in [0.717, 1.165) is 17.8 Å². The van der Waals surface area contributed by atoms with Gasteiger partial charge in [0, 0.05) is 36.5 Å². The van der Waals surface area contributed by atoms with Gasteiger partial charge in [-0.3, -0.25) is 10.1 Å². The first-order valence-corrected chi connectivity index (χ1v) is 7.21. The molecule has 0 spiro atoms. The van der Waals surface area contributed by atoms with E-state index in [1.807, 2.05) is 6.92 Å². The molecule has 0 amide bonds. The summed E-state index contributed by atoms with van der Waals surface area (Å²) in [5.74, 6) is 0.502. The summed E-state index contributed by atoms with van der Waals surface area (Å²) in [4.78, 5) is 10.4. The van der Waals surface area contributed by atoms with Crippen LogP contribution in [0.4, 0.5) is 11.4 Å². The Hall–Kier alpha value is -1.66. The maximum atomic E-state index is 10.8. The number of nitrogens with zero attached hydrogens (tertiary/aromatic N) is 1. The van der Waals surface area contributed by atoms with Crippen molar-refractivity contribution in [2.24, 2.45) is 5.92 Å². The van der Waals surface area contributed by atoms with Gasteiger partial charge in [0.05, 0.1) is 24.7 Å². The molecule has 0 saturated heterocycles. The SMILES string of the molecule is CCNc1ccc([N+](=O)[O-])cc1COCCOCC(C)C. The molecule has 0 aliphatic heterocycles. The summed E-state index contributed by atoms with van der Waals surface area (Å²) in [5.41, 5.74) is 1.73. The molecule has 0 bridgehead atoms. The van der Waals surface area contributed by atoms with Gasteiger partial charge in [-0.1, -0.05) is 13.8 Å². The number of ether oxygens (including phenoxy) is 2. The molecule has 0 aliphatic rings. The maximum Gasteiger partial charge on any atom is 0.269 e. The molecule has 1 aromatic carbocycles. The van der Waals surface area contributed by atoms with Crippen molar-refractivity contribution in [1.82, 2.24) is 0 Å². The highest BCUT2D eigenvalue weighted by atomic mass is 16.6. The van der Waals surface area contributed by atoms with Crippen LogP contribution in [0, 0.1) is 16.0 Å². The topological polar surface area (TPSA) is 73.6 Å². The van der Waals surface area contributed by atoms with Crippen LogP contribution >= 0.6 is 0 Å². The van der Waals surface area contributed by atoms with Crippen molar-refractivity contribution < 1.29 is 14.4 Å². The van der Waals surface area contributed by atoms with Gasteiger partial charge in [0.2, 0.25) is 0 Å². The van der Waals surface area contributed by atoms with E-state index in [4.69, 9.17) is 9.47 Å². The summed E-state index contributed by atoms with van der Waals surface area (Å²) < 4.78 is 11.0. The number of non-ortho nitro benzene ring substituents is 1. The lowest BCUT2D eigenvalue weighted by Gasteiger charge is -2.12. The Balaban J connectivity index is 2.51. The van der Waals surface area contributed by atoms with Crippen molar-refractivity contribution in [2.75, 3.05) is 31.7 Å². The molecule has 6 nitrogen and oxygen atoms in total. The number of rotatable bonds is 10. The average Bonchev–Trinajstić information content (AvgIpc) is 2.43. The zero-order valence-electron chi connectivity index (χ0n) is 12.9. The number of nitrogens with one attached hydrogen (secondary N) is 1. The Morgan fingerprint density at radius 3 is 2.62 bits per heavy atom. The lowest BCUT2D eigenvalue weighted by atomic mass is 10.1. The van der Waals surface area contributed by atoms with Crippen LogP contribution in [0.2, 0.25) is 0 Å². The van der Waals surface area contributed by atoms with Crippen LogP contribution in [0.3, 0.4) is 0 Å². The first kappa shape index (κ1) is 17.4.